The van der Waals surface area contributed by atoms with Gasteiger partial charge in [-0.3, -0.25) is 4.79 Å². The molecule has 2 atom stereocenters. The van der Waals surface area contributed by atoms with Crippen molar-refractivity contribution in [2.75, 3.05) is 11.9 Å². The SMILES string of the molecule is CN(C(=O)C1CCCC1N)c1ccccc1F. The molecule has 1 amide bonds. The Morgan fingerprint density at radius 2 is 2.12 bits per heavy atom. The van der Waals surface area contributed by atoms with E-state index in [9.17, 15) is 9.18 Å². The van der Waals surface area contributed by atoms with E-state index in [-0.39, 0.29) is 23.7 Å². The normalized spacial score (nSPS) is 23.7. The Balaban J connectivity index is 2.17. The molecule has 0 aromatic heterocycles. The van der Waals surface area contributed by atoms with E-state index in [1.54, 1.807) is 25.2 Å². The number of nitrogens with zero attached hydrogens (tertiary/aromatic N) is 1. The lowest BCUT2D eigenvalue weighted by Crippen LogP contribution is -2.40. The number of hydrogen-bond donors (Lipinski definition) is 1. The van der Waals surface area contributed by atoms with Crippen LogP contribution in [0, 0.1) is 11.7 Å². The fraction of sp³-hybridized carbons (Fsp3) is 0.462. The second kappa shape index (κ2) is 4.84. The van der Waals surface area contributed by atoms with Crippen LogP contribution in [0.25, 0.3) is 0 Å². The highest BCUT2D eigenvalue weighted by Gasteiger charge is 2.33. The third-order valence-corrected chi connectivity index (χ3v) is 3.43. The van der Waals surface area contributed by atoms with Gasteiger partial charge < -0.3 is 10.6 Å². The molecule has 0 aliphatic heterocycles. The zero-order valence-corrected chi connectivity index (χ0v) is 9.90. The molecular formula is C13H17FN2O. The topological polar surface area (TPSA) is 46.3 Å². The van der Waals surface area contributed by atoms with Crippen molar-refractivity contribution in [3.05, 3.63) is 30.1 Å². The first-order chi connectivity index (χ1) is 8.11. The fourth-order valence-corrected chi connectivity index (χ4v) is 2.39. The molecule has 92 valence electrons. The summed E-state index contributed by atoms with van der Waals surface area (Å²) in [6.45, 7) is 0. The molecule has 2 N–H and O–H groups in total. The summed E-state index contributed by atoms with van der Waals surface area (Å²) in [5, 5.41) is 0. The molecule has 1 fully saturated rings. The Labute approximate surface area is 100 Å². The minimum absolute atomic E-state index is 0.0832. The zero-order valence-electron chi connectivity index (χ0n) is 9.90. The standard InChI is InChI=1S/C13H17FN2O/c1-16(12-8-3-2-6-10(12)14)13(17)9-5-4-7-11(9)15/h2-3,6,8-9,11H,4-5,7,15H2,1H3. The Bertz CT molecular complexity index is 422. The van der Waals surface area contributed by atoms with E-state index in [1.807, 2.05) is 0 Å². The summed E-state index contributed by atoms with van der Waals surface area (Å²) >= 11 is 0. The Morgan fingerprint density at radius 1 is 1.41 bits per heavy atom. The van der Waals surface area contributed by atoms with Crippen molar-refractivity contribution in [1.82, 2.24) is 0 Å². The number of amides is 1. The molecule has 0 heterocycles. The van der Waals surface area contributed by atoms with Gasteiger partial charge >= 0.3 is 0 Å². The summed E-state index contributed by atoms with van der Waals surface area (Å²) in [4.78, 5) is 13.6. The monoisotopic (exact) mass is 236 g/mol. The minimum Gasteiger partial charge on any atom is -0.327 e. The fourth-order valence-electron chi connectivity index (χ4n) is 2.39. The molecule has 0 radical (unpaired) electrons. The highest BCUT2D eigenvalue weighted by atomic mass is 19.1. The van der Waals surface area contributed by atoms with Crippen LogP contribution in [0.5, 0.6) is 0 Å². The highest BCUT2D eigenvalue weighted by Crippen LogP contribution is 2.28. The Kier molecular flexibility index (Phi) is 3.43. The predicted octanol–water partition coefficient (Wildman–Crippen LogP) is 1.92. The van der Waals surface area contributed by atoms with Gasteiger partial charge in [0, 0.05) is 13.1 Å². The van der Waals surface area contributed by atoms with Gasteiger partial charge in [0.05, 0.1) is 11.6 Å². The van der Waals surface area contributed by atoms with Crippen LogP contribution < -0.4 is 10.6 Å². The average molecular weight is 236 g/mol. The van der Waals surface area contributed by atoms with Crippen molar-refractivity contribution >= 4 is 11.6 Å². The van der Waals surface area contributed by atoms with Gasteiger partial charge in [-0.1, -0.05) is 18.6 Å². The Hall–Kier alpha value is -1.42. The quantitative estimate of drug-likeness (QED) is 0.852. The van der Waals surface area contributed by atoms with Crippen LogP contribution in [-0.2, 0) is 4.79 Å². The average Bonchev–Trinajstić information content (AvgIpc) is 2.74. The van der Waals surface area contributed by atoms with Gasteiger partial charge in [0.15, 0.2) is 0 Å². The van der Waals surface area contributed by atoms with Crippen molar-refractivity contribution in [3.63, 3.8) is 0 Å². The molecule has 0 bridgehead atoms. The lowest BCUT2D eigenvalue weighted by Gasteiger charge is -2.23. The van der Waals surface area contributed by atoms with Gasteiger partial charge in [0.2, 0.25) is 5.91 Å². The second-order valence-corrected chi connectivity index (χ2v) is 4.55. The van der Waals surface area contributed by atoms with Crippen molar-refractivity contribution in [2.45, 2.75) is 25.3 Å². The molecule has 1 aromatic carbocycles. The summed E-state index contributed by atoms with van der Waals surface area (Å²) in [6, 6.07) is 6.20. The van der Waals surface area contributed by atoms with Gasteiger partial charge in [-0.05, 0) is 25.0 Å². The summed E-state index contributed by atoms with van der Waals surface area (Å²) in [6.07, 6.45) is 2.66. The van der Waals surface area contributed by atoms with Gasteiger partial charge in [0.1, 0.15) is 5.82 Å². The molecule has 1 aliphatic rings. The second-order valence-electron chi connectivity index (χ2n) is 4.55. The molecule has 0 spiro atoms. The van der Waals surface area contributed by atoms with E-state index in [4.69, 9.17) is 5.73 Å². The molecule has 0 saturated heterocycles. The lowest BCUT2D eigenvalue weighted by molar-refractivity contribution is -0.122. The van der Waals surface area contributed by atoms with E-state index in [0.717, 1.165) is 19.3 Å². The van der Waals surface area contributed by atoms with Crippen LogP contribution in [-0.4, -0.2) is 19.0 Å². The first-order valence-electron chi connectivity index (χ1n) is 5.89. The summed E-state index contributed by atoms with van der Waals surface area (Å²) in [7, 11) is 1.60. The number of carbonyl (C=O) groups is 1. The molecule has 4 heteroatoms. The van der Waals surface area contributed by atoms with Crippen LogP contribution in [0.4, 0.5) is 10.1 Å². The van der Waals surface area contributed by atoms with Crippen LogP contribution in [0.15, 0.2) is 24.3 Å². The van der Waals surface area contributed by atoms with E-state index < -0.39 is 0 Å². The number of para-hydroxylation sites is 1. The van der Waals surface area contributed by atoms with E-state index in [1.165, 1.54) is 11.0 Å². The smallest absolute Gasteiger partial charge is 0.231 e. The maximum absolute atomic E-state index is 13.6. The van der Waals surface area contributed by atoms with E-state index >= 15 is 0 Å². The number of nitrogens with two attached hydrogens (primary N) is 1. The maximum atomic E-state index is 13.6. The predicted molar refractivity (Wildman–Crippen MR) is 65.1 cm³/mol. The number of benzene rings is 1. The van der Waals surface area contributed by atoms with Gasteiger partial charge in [-0.2, -0.15) is 0 Å². The number of halogens is 1. The van der Waals surface area contributed by atoms with Crippen LogP contribution in [0.3, 0.4) is 0 Å². The maximum Gasteiger partial charge on any atom is 0.231 e. The summed E-state index contributed by atoms with van der Waals surface area (Å²) in [5.74, 6) is -0.630. The molecular weight excluding hydrogens is 219 g/mol. The molecule has 1 aromatic rings. The molecule has 1 saturated carbocycles. The zero-order chi connectivity index (χ0) is 12.4. The third kappa shape index (κ3) is 2.31. The molecule has 1 aliphatic carbocycles. The molecule has 17 heavy (non-hydrogen) atoms. The third-order valence-electron chi connectivity index (χ3n) is 3.43. The van der Waals surface area contributed by atoms with Crippen LogP contribution >= 0.6 is 0 Å². The van der Waals surface area contributed by atoms with Crippen molar-refractivity contribution in [2.24, 2.45) is 11.7 Å². The van der Waals surface area contributed by atoms with E-state index in [0.29, 0.717) is 5.69 Å². The number of carbonyl (C=O) groups excluding carboxylic acids is 1. The van der Waals surface area contributed by atoms with Gasteiger partial charge in [0.25, 0.3) is 0 Å². The molecule has 3 nitrogen and oxygen atoms in total. The Morgan fingerprint density at radius 3 is 2.71 bits per heavy atom. The van der Waals surface area contributed by atoms with Crippen LogP contribution in [0.1, 0.15) is 19.3 Å². The van der Waals surface area contributed by atoms with Crippen molar-refractivity contribution in [3.8, 4) is 0 Å². The molecule has 2 unspecified atom stereocenters. The number of rotatable bonds is 2. The summed E-state index contributed by atoms with van der Waals surface area (Å²) in [5.41, 5.74) is 6.21. The van der Waals surface area contributed by atoms with E-state index in [2.05, 4.69) is 0 Å². The van der Waals surface area contributed by atoms with Crippen LogP contribution in [0.2, 0.25) is 0 Å². The van der Waals surface area contributed by atoms with Crippen molar-refractivity contribution < 1.29 is 9.18 Å². The molecule has 2 rings (SSSR count). The highest BCUT2D eigenvalue weighted by molar-refractivity contribution is 5.95. The number of anilines is 1. The largest absolute Gasteiger partial charge is 0.327 e. The first kappa shape index (κ1) is 12.0. The summed E-state index contributed by atoms with van der Waals surface area (Å²) < 4.78 is 13.6. The van der Waals surface area contributed by atoms with Gasteiger partial charge in [-0.25, -0.2) is 4.39 Å². The first-order valence-corrected chi connectivity index (χ1v) is 5.89. The van der Waals surface area contributed by atoms with Crippen molar-refractivity contribution in [1.29, 1.82) is 0 Å². The lowest BCUT2D eigenvalue weighted by atomic mass is 10.0. The van der Waals surface area contributed by atoms with Gasteiger partial charge in [-0.15, -0.1) is 0 Å². The minimum atomic E-state index is -0.380. The number of hydrogen-bond acceptors (Lipinski definition) is 2.